The highest BCUT2D eigenvalue weighted by Gasteiger charge is 2.30. The topological polar surface area (TPSA) is 76.2 Å². The molecule has 0 atom stereocenters. The van der Waals surface area contributed by atoms with Crippen molar-refractivity contribution in [2.75, 3.05) is 7.11 Å². The van der Waals surface area contributed by atoms with Crippen LogP contribution in [0.3, 0.4) is 0 Å². The monoisotopic (exact) mass is 377 g/mol. The van der Waals surface area contributed by atoms with Crippen LogP contribution in [0.4, 0.5) is 0 Å². The number of nitrogens with one attached hydrogen (secondary N) is 1. The number of ether oxygens (including phenoxy) is 1. The van der Waals surface area contributed by atoms with Gasteiger partial charge in [-0.3, -0.25) is 0 Å². The summed E-state index contributed by atoms with van der Waals surface area (Å²) in [7, 11) is -2.76. The minimum absolute atomic E-state index is 0.112. The number of rotatable bonds is 3. The lowest BCUT2D eigenvalue weighted by Crippen LogP contribution is -2.10. The highest BCUT2D eigenvalue weighted by atomic mass is 35.5. The van der Waals surface area contributed by atoms with Crippen molar-refractivity contribution in [3.05, 3.63) is 58.2 Å². The summed E-state index contributed by atoms with van der Waals surface area (Å²) in [4.78, 5) is 15.0. The summed E-state index contributed by atoms with van der Waals surface area (Å²) in [6, 6.07) is 9.81. The van der Waals surface area contributed by atoms with Crippen LogP contribution < -0.4 is 0 Å². The van der Waals surface area contributed by atoms with Crippen molar-refractivity contribution in [3.63, 3.8) is 0 Å². The summed E-state index contributed by atoms with van der Waals surface area (Å²) < 4.78 is 31.3. The predicted octanol–water partition coefficient (Wildman–Crippen LogP) is 4.06. The van der Waals surface area contributed by atoms with Crippen molar-refractivity contribution in [2.24, 2.45) is 0 Å². The third-order valence-electron chi connectivity index (χ3n) is 3.88. The molecule has 0 aliphatic carbocycles. The fourth-order valence-electron chi connectivity index (χ4n) is 2.87. The summed E-state index contributed by atoms with van der Waals surface area (Å²) in [6.45, 7) is 3.64. The first-order valence-electron chi connectivity index (χ1n) is 7.47. The number of benzene rings is 2. The Morgan fingerprint density at radius 2 is 1.72 bits per heavy atom. The van der Waals surface area contributed by atoms with E-state index in [9.17, 15) is 13.2 Å². The van der Waals surface area contributed by atoms with Gasteiger partial charge in [-0.1, -0.05) is 17.7 Å². The third kappa shape index (κ3) is 3.03. The molecule has 25 heavy (non-hydrogen) atoms. The van der Waals surface area contributed by atoms with Gasteiger partial charge in [0.05, 0.1) is 12.0 Å². The van der Waals surface area contributed by atoms with Crippen LogP contribution in [-0.2, 0) is 14.6 Å². The Balaban J connectivity index is 2.39. The lowest BCUT2D eigenvalue weighted by Gasteiger charge is -2.08. The average Bonchev–Trinajstić information content (AvgIpc) is 2.92. The van der Waals surface area contributed by atoms with Crippen LogP contribution in [0, 0.1) is 13.8 Å². The van der Waals surface area contributed by atoms with Gasteiger partial charge in [0.2, 0.25) is 9.84 Å². The van der Waals surface area contributed by atoms with E-state index in [1.54, 1.807) is 24.3 Å². The number of hydrogen-bond acceptors (Lipinski definition) is 4. The van der Waals surface area contributed by atoms with Gasteiger partial charge in [0.1, 0.15) is 10.6 Å². The molecule has 3 aromatic rings. The second kappa shape index (κ2) is 6.20. The Bertz CT molecular complexity index is 1080. The molecule has 0 amide bonds. The fraction of sp³-hybridized carbons (Fsp3) is 0.167. The van der Waals surface area contributed by atoms with Gasteiger partial charge in [-0.15, -0.1) is 0 Å². The minimum Gasteiger partial charge on any atom is -0.464 e. The number of carbonyl (C=O) groups excluding carboxylic acids is 1. The van der Waals surface area contributed by atoms with Crippen molar-refractivity contribution in [1.82, 2.24) is 4.98 Å². The Hall–Kier alpha value is -2.31. The van der Waals surface area contributed by atoms with Gasteiger partial charge in [-0.25, -0.2) is 13.2 Å². The summed E-state index contributed by atoms with van der Waals surface area (Å²) in [5.74, 6) is -0.754. The first kappa shape index (κ1) is 17.5. The Morgan fingerprint density at radius 1 is 1.08 bits per heavy atom. The molecule has 0 unspecified atom stereocenters. The molecule has 0 spiro atoms. The van der Waals surface area contributed by atoms with E-state index >= 15 is 0 Å². The van der Waals surface area contributed by atoms with Gasteiger partial charge >= 0.3 is 5.97 Å². The summed E-state index contributed by atoms with van der Waals surface area (Å²) >= 11 is 6.04. The maximum absolute atomic E-state index is 13.3. The lowest BCUT2D eigenvalue weighted by molar-refractivity contribution is 0.0590. The summed E-state index contributed by atoms with van der Waals surface area (Å²) in [5, 5.41) is 0.729. The summed E-state index contributed by atoms with van der Waals surface area (Å²) in [6.07, 6.45) is 0. The van der Waals surface area contributed by atoms with Crippen molar-refractivity contribution in [3.8, 4) is 0 Å². The molecular formula is C18H16ClNO4S. The van der Waals surface area contributed by atoms with E-state index in [4.69, 9.17) is 16.3 Å². The van der Waals surface area contributed by atoms with Gasteiger partial charge in [0, 0.05) is 15.9 Å². The van der Waals surface area contributed by atoms with Gasteiger partial charge in [-0.05, 0) is 55.3 Å². The molecule has 5 nitrogen and oxygen atoms in total. The van der Waals surface area contributed by atoms with Crippen LogP contribution in [-0.4, -0.2) is 26.5 Å². The summed E-state index contributed by atoms with van der Waals surface area (Å²) in [5.41, 5.74) is 2.01. The molecular weight excluding hydrogens is 362 g/mol. The standard InChI is InChI=1S/C18H16ClNO4S/c1-10-6-11(2)8-13(7-10)25(22,23)17-14-9-12(19)4-5-15(14)20-16(17)18(21)24-3/h4-9,20H,1-3H3. The highest BCUT2D eigenvalue weighted by Crippen LogP contribution is 2.34. The van der Waals surface area contributed by atoms with E-state index in [1.807, 2.05) is 19.9 Å². The number of aryl methyl sites for hydroxylation is 2. The number of fused-ring (bicyclic) bond motifs is 1. The molecule has 7 heteroatoms. The van der Waals surface area contributed by atoms with Crippen LogP contribution in [0.25, 0.3) is 10.9 Å². The van der Waals surface area contributed by atoms with Crippen molar-refractivity contribution in [2.45, 2.75) is 23.6 Å². The minimum atomic E-state index is -3.96. The zero-order valence-electron chi connectivity index (χ0n) is 13.9. The van der Waals surface area contributed by atoms with Crippen molar-refractivity contribution >= 4 is 38.3 Å². The molecule has 0 fully saturated rings. The molecule has 130 valence electrons. The van der Waals surface area contributed by atoms with E-state index < -0.39 is 15.8 Å². The molecule has 0 bridgehead atoms. The van der Waals surface area contributed by atoms with Crippen molar-refractivity contribution in [1.29, 1.82) is 0 Å². The molecule has 1 heterocycles. The zero-order chi connectivity index (χ0) is 18.4. The maximum atomic E-state index is 13.3. The van der Waals surface area contributed by atoms with Gasteiger partial charge in [0.15, 0.2) is 0 Å². The molecule has 3 rings (SSSR count). The largest absolute Gasteiger partial charge is 0.464 e. The van der Waals surface area contributed by atoms with Gasteiger partial charge in [-0.2, -0.15) is 0 Å². The molecule has 0 saturated heterocycles. The van der Waals surface area contributed by atoms with E-state index in [0.717, 1.165) is 11.1 Å². The van der Waals surface area contributed by atoms with Crippen LogP contribution in [0.5, 0.6) is 0 Å². The molecule has 0 radical (unpaired) electrons. The fourth-order valence-corrected chi connectivity index (χ4v) is 4.82. The van der Waals surface area contributed by atoms with Crippen LogP contribution in [0.15, 0.2) is 46.2 Å². The molecule has 2 aromatic carbocycles. The smallest absolute Gasteiger partial charge is 0.355 e. The number of esters is 1. The van der Waals surface area contributed by atoms with E-state index in [2.05, 4.69) is 4.98 Å². The number of aromatic amines is 1. The Labute approximate surface area is 150 Å². The van der Waals surface area contributed by atoms with Crippen LogP contribution in [0.1, 0.15) is 21.6 Å². The van der Waals surface area contributed by atoms with Gasteiger partial charge in [0.25, 0.3) is 0 Å². The normalized spacial score (nSPS) is 11.7. The quantitative estimate of drug-likeness (QED) is 0.698. The number of H-pyrrole nitrogens is 1. The second-order valence-electron chi connectivity index (χ2n) is 5.84. The second-order valence-corrected chi connectivity index (χ2v) is 8.16. The number of aromatic nitrogens is 1. The average molecular weight is 378 g/mol. The highest BCUT2D eigenvalue weighted by molar-refractivity contribution is 7.91. The number of carbonyl (C=O) groups is 1. The van der Waals surface area contributed by atoms with Crippen LogP contribution >= 0.6 is 11.6 Å². The number of hydrogen-bond donors (Lipinski definition) is 1. The molecule has 0 aliphatic heterocycles. The molecule has 0 saturated carbocycles. The van der Waals surface area contributed by atoms with E-state index in [1.165, 1.54) is 13.2 Å². The van der Waals surface area contributed by atoms with Gasteiger partial charge < -0.3 is 9.72 Å². The number of sulfone groups is 1. The molecule has 1 aromatic heterocycles. The number of halogens is 1. The number of methoxy groups -OCH3 is 1. The molecule has 0 aliphatic rings. The maximum Gasteiger partial charge on any atom is 0.355 e. The molecule has 1 N–H and O–H groups in total. The predicted molar refractivity (Wildman–Crippen MR) is 96.0 cm³/mol. The first-order chi connectivity index (χ1) is 11.7. The van der Waals surface area contributed by atoms with E-state index in [0.29, 0.717) is 15.9 Å². The van der Waals surface area contributed by atoms with Crippen molar-refractivity contribution < 1.29 is 17.9 Å². The first-order valence-corrected chi connectivity index (χ1v) is 9.33. The third-order valence-corrected chi connectivity index (χ3v) is 5.93. The van der Waals surface area contributed by atoms with Crippen LogP contribution in [0.2, 0.25) is 5.02 Å². The SMILES string of the molecule is COC(=O)c1[nH]c2ccc(Cl)cc2c1S(=O)(=O)c1cc(C)cc(C)c1. The lowest BCUT2D eigenvalue weighted by atomic mass is 10.2. The Kier molecular flexibility index (Phi) is 4.34. The van der Waals surface area contributed by atoms with E-state index in [-0.39, 0.29) is 15.5 Å². The Morgan fingerprint density at radius 3 is 2.32 bits per heavy atom. The zero-order valence-corrected chi connectivity index (χ0v) is 15.5.